The lowest BCUT2D eigenvalue weighted by Crippen LogP contribution is -2.09. The molecule has 0 unspecified atom stereocenters. The van der Waals surface area contributed by atoms with Gasteiger partial charge in [0.05, 0.1) is 5.75 Å². The molecule has 1 N–H and O–H groups in total. The number of nitrogens with one attached hydrogen (secondary N) is 1. The van der Waals surface area contributed by atoms with E-state index in [2.05, 4.69) is 35.4 Å². The van der Waals surface area contributed by atoms with Gasteiger partial charge < -0.3 is 5.32 Å². The van der Waals surface area contributed by atoms with Crippen molar-refractivity contribution >= 4 is 28.4 Å². The second-order valence-electron chi connectivity index (χ2n) is 3.37. The summed E-state index contributed by atoms with van der Waals surface area (Å²) in [6.07, 6.45) is 1.21. The van der Waals surface area contributed by atoms with E-state index in [1.807, 2.05) is 11.8 Å². The van der Waals surface area contributed by atoms with Crippen molar-refractivity contribution in [2.24, 2.45) is 0 Å². The summed E-state index contributed by atoms with van der Waals surface area (Å²) >= 11 is 3.34. The Morgan fingerprint density at radius 1 is 1.50 bits per heavy atom. The minimum absolute atomic E-state index is 0.430. The molecule has 0 aromatic carbocycles. The number of thioether (sulfide) groups is 1. The van der Waals surface area contributed by atoms with Gasteiger partial charge >= 0.3 is 0 Å². The first-order chi connectivity index (χ1) is 6.72. The number of aromatic nitrogens is 2. The molecule has 0 aliphatic heterocycles. The third-order valence-corrected chi connectivity index (χ3v) is 3.30. The summed E-state index contributed by atoms with van der Waals surface area (Å²) in [5, 5.41) is 4.19. The van der Waals surface area contributed by atoms with Crippen LogP contribution in [-0.2, 0) is 5.75 Å². The van der Waals surface area contributed by atoms with Crippen molar-refractivity contribution in [2.75, 3.05) is 11.1 Å². The average molecular weight is 231 g/mol. The van der Waals surface area contributed by atoms with E-state index in [1.165, 1.54) is 23.7 Å². The van der Waals surface area contributed by atoms with Gasteiger partial charge in [0.1, 0.15) is 0 Å². The van der Waals surface area contributed by atoms with E-state index >= 15 is 0 Å². The average Bonchev–Trinajstić information content (AvgIpc) is 2.52. The Kier molecular flexibility index (Phi) is 5.25. The lowest BCUT2D eigenvalue weighted by atomic mass is 10.4. The summed E-state index contributed by atoms with van der Waals surface area (Å²) < 4.78 is 4.29. The van der Waals surface area contributed by atoms with E-state index in [9.17, 15) is 0 Å². The highest BCUT2D eigenvalue weighted by molar-refractivity contribution is 7.98. The summed E-state index contributed by atoms with van der Waals surface area (Å²) in [5.41, 5.74) is 0. The topological polar surface area (TPSA) is 37.8 Å². The molecule has 1 aromatic heterocycles. The van der Waals surface area contributed by atoms with E-state index in [-0.39, 0.29) is 0 Å². The van der Waals surface area contributed by atoms with Gasteiger partial charge in [-0.15, -0.1) is 0 Å². The number of nitrogens with zero attached hydrogens (tertiary/aromatic N) is 2. The Labute approximate surface area is 93.9 Å². The third kappa shape index (κ3) is 4.28. The van der Waals surface area contributed by atoms with Crippen LogP contribution >= 0.6 is 23.3 Å². The maximum Gasteiger partial charge on any atom is 0.202 e. The zero-order valence-electron chi connectivity index (χ0n) is 8.91. The zero-order valence-corrected chi connectivity index (χ0v) is 10.5. The Bertz CT molecular complexity index is 260. The molecule has 1 heterocycles. The van der Waals surface area contributed by atoms with Crippen molar-refractivity contribution in [1.82, 2.24) is 9.36 Å². The van der Waals surface area contributed by atoms with E-state index in [4.69, 9.17) is 0 Å². The number of anilines is 1. The molecule has 0 aliphatic carbocycles. The van der Waals surface area contributed by atoms with E-state index in [0.717, 1.165) is 16.7 Å². The molecule has 14 heavy (non-hydrogen) atoms. The molecule has 0 atom stereocenters. The van der Waals surface area contributed by atoms with Gasteiger partial charge in [-0.1, -0.05) is 6.92 Å². The highest BCUT2D eigenvalue weighted by Crippen LogP contribution is 2.16. The number of hydrogen-bond donors (Lipinski definition) is 1. The van der Waals surface area contributed by atoms with Gasteiger partial charge in [0.15, 0.2) is 5.82 Å². The standard InChI is InChI=1S/C9H17N3S2/c1-4-5-13-6-8-11-9(14-12-8)10-7(2)3/h7H,4-6H2,1-3H3,(H,10,11,12). The molecule has 0 aliphatic rings. The van der Waals surface area contributed by atoms with Crippen molar-refractivity contribution in [3.63, 3.8) is 0 Å². The van der Waals surface area contributed by atoms with Gasteiger partial charge in [-0.3, -0.25) is 0 Å². The highest BCUT2D eigenvalue weighted by atomic mass is 32.2. The second kappa shape index (κ2) is 6.24. The summed E-state index contributed by atoms with van der Waals surface area (Å²) in [6.45, 7) is 6.40. The van der Waals surface area contributed by atoms with Crippen molar-refractivity contribution in [3.05, 3.63) is 5.82 Å². The van der Waals surface area contributed by atoms with Gasteiger partial charge in [-0.25, -0.2) is 4.98 Å². The molecule has 5 heteroatoms. The summed E-state index contributed by atoms with van der Waals surface area (Å²) in [4.78, 5) is 4.40. The molecule has 0 fully saturated rings. The van der Waals surface area contributed by atoms with Crippen LogP contribution in [0.3, 0.4) is 0 Å². The molecule has 1 rings (SSSR count). The fourth-order valence-corrected chi connectivity index (χ4v) is 2.48. The van der Waals surface area contributed by atoms with E-state index in [0.29, 0.717) is 6.04 Å². The first kappa shape index (κ1) is 11.8. The molecule has 0 spiro atoms. The number of hydrogen-bond acceptors (Lipinski definition) is 5. The lowest BCUT2D eigenvalue weighted by molar-refractivity contribution is 0.894. The molecular formula is C9H17N3S2. The molecule has 0 bridgehead atoms. The van der Waals surface area contributed by atoms with Crippen LogP contribution in [0.2, 0.25) is 0 Å². The van der Waals surface area contributed by atoms with Gasteiger partial charge in [0.2, 0.25) is 5.13 Å². The Balaban J connectivity index is 2.35. The Morgan fingerprint density at radius 2 is 2.29 bits per heavy atom. The Hall–Kier alpha value is -0.290. The summed E-state index contributed by atoms with van der Waals surface area (Å²) in [5.74, 6) is 3.08. The maximum atomic E-state index is 4.40. The van der Waals surface area contributed by atoms with Crippen LogP contribution in [0.5, 0.6) is 0 Å². The van der Waals surface area contributed by atoms with Crippen molar-refractivity contribution in [2.45, 2.75) is 39.0 Å². The quantitative estimate of drug-likeness (QED) is 0.764. The van der Waals surface area contributed by atoms with Crippen LogP contribution < -0.4 is 5.32 Å². The molecular weight excluding hydrogens is 214 g/mol. The van der Waals surface area contributed by atoms with Gasteiger partial charge in [0.25, 0.3) is 0 Å². The van der Waals surface area contributed by atoms with Crippen molar-refractivity contribution in [1.29, 1.82) is 0 Å². The minimum Gasteiger partial charge on any atom is -0.358 e. The smallest absolute Gasteiger partial charge is 0.202 e. The van der Waals surface area contributed by atoms with E-state index < -0.39 is 0 Å². The Morgan fingerprint density at radius 3 is 2.93 bits per heavy atom. The van der Waals surface area contributed by atoms with Crippen LogP contribution in [0.1, 0.15) is 33.0 Å². The molecule has 0 saturated heterocycles. The van der Waals surface area contributed by atoms with Crippen LogP contribution in [-0.4, -0.2) is 21.2 Å². The van der Waals surface area contributed by atoms with Crippen LogP contribution in [0.15, 0.2) is 0 Å². The molecule has 0 radical (unpaired) electrons. The summed E-state index contributed by atoms with van der Waals surface area (Å²) in [7, 11) is 0. The zero-order chi connectivity index (χ0) is 10.4. The van der Waals surface area contributed by atoms with Crippen molar-refractivity contribution < 1.29 is 0 Å². The fraction of sp³-hybridized carbons (Fsp3) is 0.778. The van der Waals surface area contributed by atoms with Crippen LogP contribution in [0.25, 0.3) is 0 Å². The molecule has 0 amide bonds. The monoisotopic (exact) mass is 231 g/mol. The maximum absolute atomic E-state index is 4.40. The molecule has 1 aromatic rings. The van der Waals surface area contributed by atoms with Gasteiger partial charge in [-0.05, 0) is 26.0 Å². The van der Waals surface area contributed by atoms with Gasteiger partial charge in [-0.2, -0.15) is 16.1 Å². The first-order valence-electron chi connectivity index (χ1n) is 4.89. The van der Waals surface area contributed by atoms with Crippen LogP contribution in [0.4, 0.5) is 5.13 Å². The summed E-state index contributed by atoms with van der Waals surface area (Å²) in [6, 6.07) is 0.430. The van der Waals surface area contributed by atoms with Crippen LogP contribution in [0, 0.1) is 0 Å². The van der Waals surface area contributed by atoms with Crippen molar-refractivity contribution in [3.8, 4) is 0 Å². The predicted octanol–water partition coefficient (Wildman–Crippen LogP) is 3.00. The first-order valence-corrected chi connectivity index (χ1v) is 6.82. The number of rotatable bonds is 6. The van der Waals surface area contributed by atoms with E-state index in [1.54, 1.807) is 0 Å². The molecule has 0 saturated carbocycles. The third-order valence-electron chi connectivity index (χ3n) is 1.46. The lowest BCUT2D eigenvalue weighted by Gasteiger charge is -2.03. The fourth-order valence-electron chi connectivity index (χ4n) is 0.926. The molecule has 80 valence electrons. The largest absolute Gasteiger partial charge is 0.358 e. The molecule has 3 nitrogen and oxygen atoms in total. The SMILES string of the molecule is CCCSCc1nsc(NC(C)C)n1. The van der Waals surface area contributed by atoms with Gasteiger partial charge in [0, 0.05) is 17.6 Å². The highest BCUT2D eigenvalue weighted by Gasteiger charge is 2.04. The minimum atomic E-state index is 0.430. The second-order valence-corrected chi connectivity index (χ2v) is 5.22. The normalized spacial score (nSPS) is 10.9. The predicted molar refractivity (Wildman–Crippen MR) is 65.1 cm³/mol.